The van der Waals surface area contributed by atoms with E-state index in [2.05, 4.69) is 38.0 Å². The molecule has 1 aromatic heterocycles. The fraction of sp³-hybridized carbons (Fsp3) is 0.727. The molecule has 0 aliphatic rings. The third-order valence-electron chi connectivity index (χ3n) is 2.45. The van der Waals surface area contributed by atoms with Crippen molar-refractivity contribution >= 4 is 11.3 Å². The molecule has 0 saturated heterocycles. The molecule has 1 rings (SSSR count). The molecule has 0 aliphatic heterocycles. The Kier molecular flexibility index (Phi) is 4.55. The summed E-state index contributed by atoms with van der Waals surface area (Å²) >= 11 is 1.80. The van der Waals surface area contributed by atoms with Gasteiger partial charge < -0.3 is 5.32 Å². The van der Waals surface area contributed by atoms with Crippen LogP contribution in [0.25, 0.3) is 0 Å². The zero-order valence-electron chi connectivity index (χ0n) is 9.50. The molecular formula is C11H20N2S. The van der Waals surface area contributed by atoms with Gasteiger partial charge in [-0.2, -0.15) is 0 Å². The van der Waals surface area contributed by atoms with Crippen LogP contribution in [-0.4, -0.2) is 17.6 Å². The molecule has 0 bridgehead atoms. The van der Waals surface area contributed by atoms with Crippen molar-refractivity contribution in [2.75, 3.05) is 6.54 Å². The molecule has 0 radical (unpaired) electrons. The van der Waals surface area contributed by atoms with E-state index in [1.54, 1.807) is 11.3 Å². The lowest BCUT2D eigenvalue weighted by atomic mass is 10.1. The molecule has 3 heteroatoms. The van der Waals surface area contributed by atoms with Gasteiger partial charge in [-0.15, -0.1) is 11.3 Å². The van der Waals surface area contributed by atoms with Crippen molar-refractivity contribution in [3.05, 3.63) is 16.1 Å². The fourth-order valence-electron chi connectivity index (χ4n) is 1.21. The molecule has 2 nitrogen and oxygen atoms in total. The highest BCUT2D eigenvalue weighted by Gasteiger charge is 2.09. The number of hydrogen-bond donors (Lipinski definition) is 1. The average Bonchev–Trinajstić information content (AvgIpc) is 2.60. The van der Waals surface area contributed by atoms with Crippen molar-refractivity contribution in [1.82, 2.24) is 10.3 Å². The molecule has 0 fully saturated rings. The van der Waals surface area contributed by atoms with E-state index in [-0.39, 0.29) is 0 Å². The molecule has 2 atom stereocenters. The molecular weight excluding hydrogens is 192 g/mol. The third kappa shape index (κ3) is 3.39. The lowest BCUT2D eigenvalue weighted by molar-refractivity contribution is 0.507. The number of hydrogen-bond acceptors (Lipinski definition) is 3. The molecule has 1 heterocycles. The average molecular weight is 212 g/mol. The summed E-state index contributed by atoms with van der Waals surface area (Å²) in [6.45, 7) is 9.79. The lowest BCUT2D eigenvalue weighted by Crippen LogP contribution is -2.28. The Hall–Kier alpha value is -0.410. The summed E-state index contributed by atoms with van der Waals surface area (Å²) in [6, 6.07) is 0.610. The molecule has 0 spiro atoms. The van der Waals surface area contributed by atoms with Gasteiger partial charge in [0.05, 0.1) is 5.01 Å². The maximum absolute atomic E-state index is 4.40. The molecule has 14 heavy (non-hydrogen) atoms. The van der Waals surface area contributed by atoms with Crippen molar-refractivity contribution in [3.8, 4) is 0 Å². The van der Waals surface area contributed by atoms with Gasteiger partial charge in [0.1, 0.15) is 0 Å². The molecule has 0 aliphatic carbocycles. The zero-order valence-corrected chi connectivity index (χ0v) is 10.3. The van der Waals surface area contributed by atoms with E-state index < -0.39 is 0 Å². The van der Waals surface area contributed by atoms with Crippen LogP contribution in [0.15, 0.2) is 6.20 Å². The highest BCUT2D eigenvalue weighted by atomic mass is 32.1. The maximum Gasteiger partial charge on any atom is 0.0968 e. The van der Waals surface area contributed by atoms with Crippen LogP contribution < -0.4 is 5.32 Å². The summed E-state index contributed by atoms with van der Waals surface area (Å²) in [6.07, 6.45) is 3.14. The molecule has 2 unspecified atom stereocenters. The number of rotatable bonds is 5. The first kappa shape index (κ1) is 11.7. The van der Waals surface area contributed by atoms with Gasteiger partial charge >= 0.3 is 0 Å². The van der Waals surface area contributed by atoms with Gasteiger partial charge in [-0.3, -0.25) is 0 Å². The van der Waals surface area contributed by atoms with Gasteiger partial charge in [0.15, 0.2) is 0 Å². The zero-order chi connectivity index (χ0) is 10.6. The lowest BCUT2D eigenvalue weighted by Gasteiger charge is -2.14. The Labute approximate surface area is 90.8 Å². The van der Waals surface area contributed by atoms with Crippen LogP contribution in [0.5, 0.6) is 0 Å². The Morgan fingerprint density at radius 2 is 2.21 bits per heavy atom. The summed E-state index contributed by atoms with van der Waals surface area (Å²) in [5.41, 5.74) is 0. The Balaban J connectivity index is 2.39. The highest BCUT2D eigenvalue weighted by molar-refractivity contribution is 7.11. The van der Waals surface area contributed by atoms with Crippen molar-refractivity contribution < 1.29 is 0 Å². The number of aryl methyl sites for hydroxylation is 1. The van der Waals surface area contributed by atoms with Crippen LogP contribution in [0.1, 0.15) is 43.0 Å². The van der Waals surface area contributed by atoms with Crippen molar-refractivity contribution in [2.24, 2.45) is 0 Å². The first-order valence-electron chi connectivity index (χ1n) is 5.29. The topological polar surface area (TPSA) is 24.9 Å². The van der Waals surface area contributed by atoms with Crippen LogP contribution >= 0.6 is 11.3 Å². The number of aromatic nitrogens is 1. The molecule has 0 saturated carbocycles. The van der Waals surface area contributed by atoms with E-state index in [1.807, 2.05) is 6.20 Å². The molecule has 0 aromatic carbocycles. The van der Waals surface area contributed by atoms with E-state index in [0.717, 1.165) is 6.54 Å². The van der Waals surface area contributed by atoms with Crippen LogP contribution in [0, 0.1) is 6.92 Å². The highest BCUT2D eigenvalue weighted by Crippen LogP contribution is 2.20. The minimum absolute atomic E-state index is 0.530. The number of nitrogens with one attached hydrogen (secondary N) is 1. The number of nitrogens with zero attached hydrogens (tertiary/aromatic N) is 1. The van der Waals surface area contributed by atoms with Gasteiger partial charge in [0.25, 0.3) is 0 Å². The predicted molar refractivity (Wildman–Crippen MR) is 63.0 cm³/mol. The summed E-state index contributed by atoms with van der Waals surface area (Å²) in [7, 11) is 0. The monoisotopic (exact) mass is 212 g/mol. The minimum atomic E-state index is 0.530. The van der Waals surface area contributed by atoms with Crippen LogP contribution in [0.3, 0.4) is 0 Å². The van der Waals surface area contributed by atoms with E-state index >= 15 is 0 Å². The first-order chi connectivity index (χ1) is 6.63. The molecule has 0 amide bonds. The summed E-state index contributed by atoms with van der Waals surface area (Å²) < 4.78 is 0. The van der Waals surface area contributed by atoms with Crippen LogP contribution in [-0.2, 0) is 0 Å². The second-order valence-corrected chi connectivity index (χ2v) is 5.19. The van der Waals surface area contributed by atoms with E-state index in [4.69, 9.17) is 0 Å². The van der Waals surface area contributed by atoms with Crippen molar-refractivity contribution in [2.45, 2.75) is 46.1 Å². The van der Waals surface area contributed by atoms with Gasteiger partial charge in [-0.25, -0.2) is 4.98 Å². The normalized spacial score (nSPS) is 15.4. The SMILES string of the molecule is CCC(C)NCC(C)c1ncc(C)s1. The van der Waals surface area contributed by atoms with Gasteiger partial charge in [-0.05, 0) is 20.3 Å². The summed E-state index contributed by atoms with van der Waals surface area (Å²) in [5.74, 6) is 0.530. The number of thiazole rings is 1. The fourth-order valence-corrected chi connectivity index (χ4v) is 2.03. The Morgan fingerprint density at radius 3 is 2.71 bits per heavy atom. The summed E-state index contributed by atoms with van der Waals surface area (Å²) in [5, 5.41) is 4.75. The van der Waals surface area contributed by atoms with Gasteiger partial charge in [0, 0.05) is 29.6 Å². The van der Waals surface area contributed by atoms with Gasteiger partial charge in [-0.1, -0.05) is 13.8 Å². The van der Waals surface area contributed by atoms with Crippen molar-refractivity contribution in [1.29, 1.82) is 0 Å². The smallest absolute Gasteiger partial charge is 0.0968 e. The van der Waals surface area contributed by atoms with Crippen LogP contribution in [0.2, 0.25) is 0 Å². The first-order valence-corrected chi connectivity index (χ1v) is 6.10. The quantitative estimate of drug-likeness (QED) is 0.811. The Morgan fingerprint density at radius 1 is 1.50 bits per heavy atom. The predicted octanol–water partition coefficient (Wildman–Crippen LogP) is 2.94. The van der Waals surface area contributed by atoms with E-state index in [1.165, 1.54) is 16.3 Å². The maximum atomic E-state index is 4.40. The third-order valence-corrected chi connectivity index (χ3v) is 3.59. The Bertz CT molecular complexity index is 270. The van der Waals surface area contributed by atoms with E-state index in [9.17, 15) is 0 Å². The van der Waals surface area contributed by atoms with Crippen molar-refractivity contribution in [3.63, 3.8) is 0 Å². The second kappa shape index (κ2) is 5.47. The largest absolute Gasteiger partial charge is 0.314 e. The second-order valence-electron chi connectivity index (χ2n) is 3.93. The molecule has 1 N–H and O–H groups in total. The standard InChI is InChI=1S/C11H20N2S/c1-5-9(3)12-6-8(2)11-13-7-10(4)14-11/h7-9,12H,5-6H2,1-4H3. The van der Waals surface area contributed by atoms with Crippen LogP contribution in [0.4, 0.5) is 0 Å². The van der Waals surface area contributed by atoms with E-state index in [0.29, 0.717) is 12.0 Å². The summed E-state index contributed by atoms with van der Waals surface area (Å²) in [4.78, 5) is 5.70. The molecule has 1 aromatic rings. The molecule has 80 valence electrons. The minimum Gasteiger partial charge on any atom is -0.314 e. The van der Waals surface area contributed by atoms with Gasteiger partial charge in [0.2, 0.25) is 0 Å².